The summed E-state index contributed by atoms with van der Waals surface area (Å²) in [6.45, 7) is 1.85. The van der Waals surface area contributed by atoms with Crippen LogP contribution in [-0.2, 0) is 6.54 Å². The number of hydrogen-bond donors (Lipinski definition) is 2. The molecule has 1 heterocycles. The van der Waals surface area contributed by atoms with Gasteiger partial charge in [-0.1, -0.05) is 24.3 Å². The number of nitrogens with zero attached hydrogens (tertiary/aromatic N) is 3. The number of pyridine rings is 1. The van der Waals surface area contributed by atoms with Gasteiger partial charge in [-0.05, 0) is 24.3 Å². The Morgan fingerprint density at radius 2 is 1.84 bits per heavy atom. The molecule has 0 fully saturated rings. The normalized spacial score (nSPS) is 10.6. The highest BCUT2D eigenvalue weighted by Crippen LogP contribution is 2.08. The first-order valence-electron chi connectivity index (χ1n) is 7.94. The van der Waals surface area contributed by atoms with Gasteiger partial charge < -0.3 is 20.3 Å². The molecule has 0 unspecified atom stereocenters. The molecular formula is C18H26IN5O. The van der Waals surface area contributed by atoms with E-state index in [0.717, 1.165) is 23.2 Å². The van der Waals surface area contributed by atoms with Crippen molar-refractivity contribution in [2.45, 2.75) is 6.54 Å². The van der Waals surface area contributed by atoms with Crippen molar-refractivity contribution in [3.63, 3.8) is 0 Å². The molecule has 2 rings (SSSR count). The van der Waals surface area contributed by atoms with Crippen LogP contribution in [0, 0.1) is 0 Å². The maximum absolute atomic E-state index is 5.64. The van der Waals surface area contributed by atoms with Gasteiger partial charge in [0.25, 0.3) is 0 Å². The summed E-state index contributed by atoms with van der Waals surface area (Å²) in [5, 5.41) is 6.48. The number of benzene rings is 1. The molecule has 7 heteroatoms. The minimum absolute atomic E-state index is 0. The van der Waals surface area contributed by atoms with E-state index in [1.807, 2.05) is 67.5 Å². The molecule has 2 N–H and O–H groups in total. The molecule has 0 aliphatic heterocycles. The van der Waals surface area contributed by atoms with Gasteiger partial charge in [0, 0.05) is 21.1 Å². The molecule has 0 aliphatic rings. The largest absolute Gasteiger partial charge is 0.492 e. The summed E-state index contributed by atoms with van der Waals surface area (Å²) in [7, 11) is 5.70. The first-order chi connectivity index (χ1) is 11.7. The summed E-state index contributed by atoms with van der Waals surface area (Å²) >= 11 is 0. The van der Waals surface area contributed by atoms with E-state index in [4.69, 9.17) is 4.74 Å². The molecule has 0 saturated heterocycles. The van der Waals surface area contributed by atoms with E-state index < -0.39 is 0 Å². The lowest BCUT2D eigenvalue weighted by Crippen LogP contribution is -2.39. The highest BCUT2D eigenvalue weighted by Gasteiger charge is 2.02. The molecule has 0 spiro atoms. The van der Waals surface area contributed by atoms with E-state index in [9.17, 15) is 0 Å². The van der Waals surface area contributed by atoms with Crippen LogP contribution in [0.3, 0.4) is 0 Å². The second-order valence-electron chi connectivity index (χ2n) is 5.40. The van der Waals surface area contributed by atoms with E-state index in [1.54, 1.807) is 7.05 Å². The van der Waals surface area contributed by atoms with Crippen LogP contribution < -0.4 is 20.3 Å². The van der Waals surface area contributed by atoms with Crippen molar-refractivity contribution in [1.82, 2.24) is 15.6 Å². The third-order valence-corrected chi connectivity index (χ3v) is 3.32. The van der Waals surface area contributed by atoms with Gasteiger partial charge in [-0.25, -0.2) is 4.98 Å². The Balaban J connectivity index is 0.00000312. The predicted molar refractivity (Wildman–Crippen MR) is 114 cm³/mol. The van der Waals surface area contributed by atoms with Crippen molar-refractivity contribution in [2.75, 3.05) is 39.2 Å². The summed E-state index contributed by atoms with van der Waals surface area (Å²) < 4.78 is 5.64. The minimum atomic E-state index is 0. The number of guanidine groups is 1. The van der Waals surface area contributed by atoms with Crippen molar-refractivity contribution >= 4 is 35.8 Å². The molecule has 1 aromatic carbocycles. The topological polar surface area (TPSA) is 61.8 Å². The third kappa shape index (κ3) is 7.59. The van der Waals surface area contributed by atoms with E-state index in [0.29, 0.717) is 19.7 Å². The van der Waals surface area contributed by atoms with Crippen LogP contribution in [0.1, 0.15) is 5.69 Å². The number of anilines is 1. The van der Waals surface area contributed by atoms with E-state index in [-0.39, 0.29) is 24.0 Å². The maximum Gasteiger partial charge on any atom is 0.191 e. The number of aromatic nitrogens is 1. The van der Waals surface area contributed by atoms with E-state index in [1.165, 1.54) is 0 Å². The Morgan fingerprint density at radius 1 is 1.08 bits per heavy atom. The fourth-order valence-corrected chi connectivity index (χ4v) is 2.06. The number of hydrogen-bond acceptors (Lipinski definition) is 4. The highest BCUT2D eigenvalue weighted by molar-refractivity contribution is 14.0. The molecule has 25 heavy (non-hydrogen) atoms. The first kappa shape index (κ1) is 21.0. The molecule has 0 aliphatic carbocycles. The number of para-hydroxylation sites is 1. The van der Waals surface area contributed by atoms with Gasteiger partial charge >= 0.3 is 0 Å². The summed E-state index contributed by atoms with van der Waals surface area (Å²) in [6, 6.07) is 15.7. The van der Waals surface area contributed by atoms with Crippen LogP contribution in [0.2, 0.25) is 0 Å². The van der Waals surface area contributed by atoms with Crippen molar-refractivity contribution in [1.29, 1.82) is 0 Å². The number of aliphatic imine (C=N–C) groups is 1. The standard InChI is InChI=1S/C18H25N5O.HI/c1-19-18(20-12-13-24-16-9-5-4-6-10-16)21-14-15-8-7-11-17(22-15)23(2)3;/h4-11H,12-14H2,1-3H3,(H2,19,20,21);1H. The summed E-state index contributed by atoms with van der Waals surface area (Å²) in [6.07, 6.45) is 0. The Morgan fingerprint density at radius 3 is 2.52 bits per heavy atom. The van der Waals surface area contributed by atoms with Crippen LogP contribution in [0.15, 0.2) is 53.5 Å². The fraction of sp³-hybridized carbons (Fsp3) is 0.333. The molecule has 2 aromatic rings. The number of rotatable bonds is 7. The lowest BCUT2D eigenvalue weighted by atomic mass is 10.3. The second kappa shape index (κ2) is 11.5. The molecule has 0 radical (unpaired) electrons. The quantitative estimate of drug-likeness (QED) is 0.291. The van der Waals surface area contributed by atoms with E-state index >= 15 is 0 Å². The smallest absolute Gasteiger partial charge is 0.191 e. The molecule has 6 nitrogen and oxygen atoms in total. The predicted octanol–water partition coefficient (Wildman–Crippen LogP) is 2.51. The van der Waals surface area contributed by atoms with Crippen LogP contribution in [0.25, 0.3) is 0 Å². The number of ether oxygens (including phenoxy) is 1. The lowest BCUT2D eigenvalue weighted by Gasteiger charge is -2.14. The van der Waals surface area contributed by atoms with Crippen molar-refractivity contribution in [3.05, 3.63) is 54.2 Å². The van der Waals surface area contributed by atoms with E-state index in [2.05, 4.69) is 20.6 Å². The SMILES string of the molecule is CN=C(NCCOc1ccccc1)NCc1cccc(N(C)C)n1.I. The zero-order chi connectivity index (χ0) is 17.2. The van der Waals surface area contributed by atoms with Crippen molar-refractivity contribution < 1.29 is 4.74 Å². The summed E-state index contributed by atoms with van der Waals surface area (Å²) in [4.78, 5) is 10.8. The molecule has 0 saturated carbocycles. The molecular weight excluding hydrogens is 429 g/mol. The minimum Gasteiger partial charge on any atom is -0.492 e. The third-order valence-electron chi connectivity index (χ3n) is 3.32. The fourth-order valence-electron chi connectivity index (χ4n) is 2.06. The first-order valence-corrected chi connectivity index (χ1v) is 7.94. The Kier molecular flexibility index (Phi) is 9.68. The Hall–Kier alpha value is -2.03. The lowest BCUT2D eigenvalue weighted by molar-refractivity contribution is 0.322. The number of halogens is 1. The van der Waals surface area contributed by atoms with Gasteiger partial charge in [0.1, 0.15) is 18.2 Å². The van der Waals surface area contributed by atoms with Crippen LogP contribution in [-0.4, -0.2) is 45.2 Å². The maximum atomic E-state index is 5.64. The Labute approximate surface area is 166 Å². The van der Waals surface area contributed by atoms with Gasteiger partial charge in [0.15, 0.2) is 5.96 Å². The molecule has 136 valence electrons. The monoisotopic (exact) mass is 455 g/mol. The molecule has 0 bridgehead atoms. The zero-order valence-corrected chi connectivity index (χ0v) is 17.2. The van der Waals surface area contributed by atoms with Gasteiger partial charge in [-0.15, -0.1) is 24.0 Å². The average molecular weight is 455 g/mol. The van der Waals surface area contributed by atoms with Gasteiger partial charge in [0.2, 0.25) is 0 Å². The van der Waals surface area contributed by atoms with Gasteiger partial charge in [-0.2, -0.15) is 0 Å². The van der Waals surface area contributed by atoms with Gasteiger partial charge in [0.05, 0.1) is 18.8 Å². The molecule has 1 aromatic heterocycles. The highest BCUT2D eigenvalue weighted by atomic mass is 127. The van der Waals surface area contributed by atoms with Crippen LogP contribution >= 0.6 is 24.0 Å². The van der Waals surface area contributed by atoms with Crippen molar-refractivity contribution in [3.8, 4) is 5.75 Å². The molecule has 0 amide bonds. The van der Waals surface area contributed by atoms with Gasteiger partial charge in [-0.3, -0.25) is 4.99 Å². The second-order valence-corrected chi connectivity index (χ2v) is 5.40. The number of nitrogens with one attached hydrogen (secondary N) is 2. The summed E-state index contributed by atoms with van der Waals surface area (Å²) in [5.41, 5.74) is 0.963. The Bertz CT molecular complexity index is 649. The van der Waals surface area contributed by atoms with Crippen LogP contribution in [0.5, 0.6) is 5.75 Å². The van der Waals surface area contributed by atoms with Crippen molar-refractivity contribution in [2.24, 2.45) is 4.99 Å². The summed E-state index contributed by atoms with van der Waals surface area (Å²) in [5.74, 6) is 2.53. The zero-order valence-electron chi connectivity index (χ0n) is 14.9. The average Bonchev–Trinajstić information content (AvgIpc) is 2.62. The van der Waals surface area contributed by atoms with Crippen LogP contribution in [0.4, 0.5) is 5.82 Å². The molecule has 0 atom stereocenters.